The summed E-state index contributed by atoms with van der Waals surface area (Å²) in [6.45, 7) is 9.71. The van der Waals surface area contributed by atoms with E-state index in [2.05, 4.69) is 63.2 Å². The number of anilines is 3. The van der Waals surface area contributed by atoms with E-state index in [0.29, 0.717) is 5.82 Å². The molecule has 0 spiro atoms. The number of aromatic nitrogens is 4. The van der Waals surface area contributed by atoms with Crippen LogP contribution in [0, 0.1) is 6.92 Å². The smallest absolute Gasteiger partial charge is 0.156 e. The molecule has 0 bridgehead atoms. The van der Waals surface area contributed by atoms with Gasteiger partial charge in [0.05, 0.1) is 0 Å². The van der Waals surface area contributed by atoms with E-state index in [-0.39, 0.29) is 0 Å². The lowest BCUT2D eigenvalue weighted by Crippen LogP contribution is -2.44. The fraction of sp³-hybridized carbons (Fsp3) is 0.292. The van der Waals surface area contributed by atoms with E-state index in [1.165, 1.54) is 5.56 Å². The van der Waals surface area contributed by atoms with Crippen LogP contribution in [0.1, 0.15) is 22.6 Å². The molecule has 0 unspecified atom stereocenters. The highest BCUT2D eigenvalue weighted by molar-refractivity contribution is 5.69. The van der Waals surface area contributed by atoms with Crippen LogP contribution in [0.15, 0.2) is 49.1 Å². The van der Waals surface area contributed by atoms with Crippen molar-refractivity contribution < 1.29 is 0 Å². The van der Waals surface area contributed by atoms with Crippen LogP contribution >= 0.6 is 0 Å². The Bertz CT molecular complexity index is 1040. The topological polar surface area (TPSA) is 73.0 Å². The Morgan fingerprint density at radius 3 is 2.48 bits per heavy atom. The Hall–Kier alpha value is -3.45. The molecule has 0 aliphatic carbocycles. The highest BCUT2D eigenvalue weighted by Gasteiger charge is 2.17. The van der Waals surface area contributed by atoms with Gasteiger partial charge in [0.1, 0.15) is 11.6 Å². The number of nitrogens with one attached hydrogen (secondary N) is 2. The van der Waals surface area contributed by atoms with Crippen molar-refractivity contribution in [2.75, 3.05) is 43.4 Å². The number of aromatic amines is 1. The molecule has 1 fully saturated rings. The number of likely N-dealkylation sites (N-methyl/N-ethyl adjacent to an activating group) is 1. The Labute approximate surface area is 183 Å². The SMILES string of the molecule is C=CCc1ccc(/C=C/c2nc(Nc3cc(C)[nH]n3)cc(N3CCN(C)CC3)n2)cc1. The summed E-state index contributed by atoms with van der Waals surface area (Å²) in [6.07, 6.45) is 6.80. The van der Waals surface area contributed by atoms with Crippen molar-refractivity contribution in [2.45, 2.75) is 13.3 Å². The van der Waals surface area contributed by atoms with Crippen LogP contribution in [0.4, 0.5) is 17.5 Å². The molecule has 2 aromatic heterocycles. The number of benzene rings is 1. The van der Waals surface area contributed by atoms with Gasteiger partial charge in [0.2, 0.25) is 0 Å². The molecule has 31 heavy (non-hydrogen) atoms. The third-order valence-electron chi connectivity index (χ3n) is 5.30. The number of hydrogen-bond donors (Lipinski definition) is 2. The van der Waals surface area contributed by atoms with Gasteiger partial charge >= 0.3 is 0 Å². The minimum Gasteiger partial charge on any atom is -0.354 e. The highest BCUT2D eigenvalue weighted by Crippen LogP contribution is 2.21. The zero-order valence-corrected chi connectivity index (χ0v) is 18.2. The van der Waals surface area contributed by atoms with E-state index in [1.807, 2.05) is 37.3 Å². The third kappa shape index (κ3) is 5.58. The fourth-order valence-electron chi connectivity index (χ4n) is 3.50. The lowest BCUT2D eigenvalue weighted by Gasteiger charge is -2.33. The van der Waals surface area contributed by atoms with Gasteiger partial charge in [-0.25, -0.2) is 9.97 Å². The van der Waals surface area contributed by atoms with E-state index in [9.17, 15) is 0 Å². The van der Waals surface area contributed by atoms with E-state index >= 15 is 0 Å². The van der Waals surface area contributed by atoms with Crippen molar-refractivity contribution in [1.82, 2.24) is 25.1 Å². The van der Waals surface area contributed by atoms with Gasteiger partial charge in [-0.3, -0.25) is 5.10 Å². The standard InChI is InChI=1S/C24H29N7/c1-4-5-19-6-8-20(9-7-19)10-11-21-25-22(26-23-16-18(2)28-29-23)17-24(27-21)31-14-12-30(3)13-15-31/h4,6-11,16-17H,1,5,12-15H2,2-3H3,(H2,25,26,27,28,29)/b11-10+. The molecule has 1 saturated heterocycles. The molecule has 160 valence electrons. The van der Waals surface area contributed by atoms with Gasteiger partial charge in [-0.2, -0.15) is 5.10 Å². The molecule has 3 heterocycles. The molecule has 0 atom stereocenters. The summed E-state index contributed by atoms with van der Waals surface area (Å²) in [4.78, 5) is 14.2. The minimum absolute atomic E-state index is 0.668. The summed E-state index contributed by atoms with van der Waals surface area (Å²) in [6, 6.07) is 12.4. The predicted molar refractivity (Wildman–Crippen MR) is 128 cm³/mol. The molecular formula is C24H29N7. The molecule has 2 N–H and O–H groups in total. The lowest BCUT2D eigenvalue weighted by molar-refractivity contribution is 0.312. The molecule has 0 radical (unpaired) electrons. The highest BCUT2D eigenvalue weighted by atomic mass is 15.3. The number of rotatable bonds is 7. The molecule has 0 amide bonds. The largest absolute Gasteiger partial charge is 0.354 e. The summed E-state index contributed by atoms with van der Waals surface area (Å²) in [7, 11) is 2.15. The maximum Gasteiger partial charge on any atom is 0.156 e. The first-order valence-electron chi connectivity index (χ1n) is 10.6. The van der Waals surface area contributed by atoms with Crippen molar-refractivity contribution in [3.63, 3.8) is 0 Å². The second kappa shape index (κ2) is 9.57. The maximum absolute atomic E-state index is 4.82. The van der Waals surface area contributed by atoms with Gasteiger partial charge in [0.25, 0.3) is 0 Å². The van der Waals surface area contributed by atoms with Crippen molar-refractivity contribution in [1.29, 1.82) is 0 Å². The van der Waals surface area contributed by atoms with Crippen molar-refractivity contribution in [3.05, 3.63) is 71.7 Å². The molecule has 3 aromatic rings. The first-order chi connectivity index (χ1) is 15.1. The Morgan fingerprint density at radius 2 is 1.81 bits per heavy atom. The number of H-pyrrole nitrogens is 1. The number of allylic oxidation sites excluding steroid dienone is 1. The van der Waals surface area contributed by atoms with E-state index in [1.54, 1.807) is 0 Å². The number of piperazine rings is 1. The molecule has 7 heteroatoms. The average molecular weight is 416 g/mol. The second-order valence-corrected chi connectivity index (χ2v) is 7.89. The zero-order valence-electron chi connectivity index (χ0n) is 18.2. The van der Waals surface area contributed by atoms with E-state index < -0.39 is 0 Å². The number of nitrogens with zero attached hydrogens (tertiary/aromatic N) is 5. The normalized spacial score (nSPS) is 14.8. The van der Waals surface area contributed by atoms with Crippen LogP contribution in [0.25, 0.3) is 12.2 Å². The van der Waals surface area contributed by atoms with Gasteiger partial charge in [-0.1, -0.05) is 36.4 Å². The Kier molecular flexibility index (Phi) is 6.43. The van der Waals surface area contributed by atoms with Gasteiger partial charge in [-0.05, 0) is 37.6 Å². The third-order valence-corrected chi connectivity index (χ3v) is 5.30. The summed E-state index contributed by atoms with van der Waals surface area (Å²) >= 11 is 0. The van der Waals surface area contributed by atoms with E-state index in [4.69, 9.17) is 9.97 Å². The van der Waals surface area contributed by atoms with Crippen LogP contribution in [0.2, 0.25) is 0 Å². The van der Waals surface area contributed by atoms with Crippen molar-refractivity contribution in [3.8, 4) is 0 Å². The van der Waals surface area contributed by atoms with E-state index in [0.717, 1.165) is 61.3 Å². The summed E-state index contributed by atoms with van der Waals surface area (Å²) < 4.78 is 0. The van der Waals surface area contributed by atoms with Gasteiger partial charge < -0.3 is 15.1 Å². The molecule has 0 saturated carbocycles. The Morgan fingerprint density at radius 1 is 1.03 bits per heavy atom. The molecular weight excluding hydrogens is 386 g/mol. The van der Waals surface area contributed by atoms with Crippen LogP contribution < -0.4 is 10.2 Å². The molecule has 1 aliphatic heterocycles. The molecule has 1 aliphatic rings. The van der Waals surface area contributed by atoms with Crippen LogP contribution in [-0.4, -0.2) is 58.3 Å². The van der Waals surface area contributed by atoms with Gasteiger partial charge in [0.15, 0.2) is 11.6 Å². The Balaban J connectivity index is 1.59. The number of aryl methyl sites for hydroxylation is 1. The molecule has 1 aromatic carbocycles. The van der Waals surface area contributed by atoms with Crippen LogP contribution in [0.3, 0.4) is 0 Å². The predicted octanol–water partition coefficient (Wildman–Crippen LogP) is 3.90. The molecule has 7 nitrogen and oxygen atoms in total. The number of hydrogen-bond acceptors (Lipinski definition) is 6. The van der Waals surface area contributed by atoms with Gasteiger partial charge in [0, 0.05) is 44.0 Å². The quantitative estimate of drug-likeness (QED) is 0.570. The van der Waals surface area contributed by atoms with Crippen LogP contribution in [0.5, 0.6) is 0 Å². The maximum atomic E-state index is 4.82. The first-order valence-corrected chi connectivity index (χ1v) is 10.6. The monoisotopic (exact) mass is 415 g/mol. The van der Waals surface area contributed by atoms with Gasteiger partial charge in [-0.15, -0.1) is 6.58 Å². The lowest BCUT2D eigenvalue weighted by atomic mass is 10.1. The summed E-state index contributed by atoms with van der Waals surface area (Å²) in [5.41, 5.74) is 3.36. The summed E-state index contributed by atoms with van der Waals surface area (Å²) in [5, 5.41) is 10.5. The molecule has 4 rings (SSSR count). The van der Waals surface area contributed by atoms with Crippen molar-refractivity contribution in [2.24, 2.45) is 0 Å². The minimum atomic E-state index is 0.668. The zero-order chi connectivity index (χ0) is 21.6. The first kappa shape index (κ1) is 20.8. The second-order valence-electron chi connectivity index (χ2n) is 7.89. The van der Waals surface area contributed by atoms with Crippen LogP contribution in [-0.2, 0) is 6.42 Å². The average Bonchev–Trinajstić information content (AvgIpc) is 3.18. The van der Waals surface area contributed by atoms with Crippen molar-refractivity contribution >= 4 is 29.6 Å². The summed E-state index contributed by atoms with van der Waals surface area (Å²) in [5.74, 6) is 3.07. The fourth-order valence-corrected chi connectivity index (χ4v) is 3.50.